The minimum Gasteiger partial charge on any atom is -0.352 e. The van der Waals surface area contributed by atoms with Gasteiger partial charge >= 0.3 is 0 Å². The van der Waals surface area contributed by atoms with Gasteiger partial charge in [-0.15, -0.1) is 0 Å². The smallest absolute Gasteiger partial charge is 0.226 e. The van der Waals surface area contributed by atoms with Gasteiger partial charge in [-0.1, -0.05) is 12.1 Å². The van der Waals surface area contributed by atoms with Crippen LogP contribution in [0.5, 0.6) is 0 Å². The first-order chi connectivity index (χ1) is 10.8. The summed E-state index contributed by atoms with van der Waals surface area (Å²) in [6.45, 7) is 3.10. The normalized spacial score (nSPS) is 31.2. The summed E-state index contributed by atoms with van der Waals surface area (Å²) in [5.41, 5.74) is 1.70. The standard InChI is InChI=1S/C16H18N4O2/c21-15-9-13-16(20(15)7-8-22-16)5-6-19(13)10-14-17-11-3-1-2-4-12(11)18-14/h1-4,13H,5-10H2,(H,17,18)/t13-,16+/m1/s1. The number of H-pyrrole nitrogens is 1. The van der Waals surface area contributed by atoms with E-state index in [0.717, 1.165) is 42.9 Å². The van der Waals surface area contributed by atoms with E-state index in [0.29, 0.717) is 13.0 Å². The van der Waals surface area contributed by atoms with Gasteiger partial charge in [-0.3, -0.25) is 9.69 Å². The molecule has 1 aromatic heterocycles. The molecule has 5 rings (SSSR count). The topological polar surface area (TPSA) is 61.5 Å². The Bertz CT molecular complexity index is 724. The summed E-state index contributed by atoms with van der Waals surface area (Å²) in [4.78, 5) is 24.5. The molecule has 3 aliphatic heterocycles. The lowest BCUT2D eigenvalue weighted by atomic mass is 10.1. The Hall–Kier alpha value is -1.92. The average molecular weight is 298 g/mol. The molecule has 0 radical (unpaired) electrons. The van der Waals surface area contributed by atoms with E-state index in [1.54, 1.807) is 0 Å². The highest BCUT2D eigenvalue weighted by molar-refractivity contribution is 5.81. The molecule has 1 spiro atoms. The number of hydrogen-bond acceptors (Lipinski definition) is 4. The zero-order valence-electron chi connectivity index (χ0n) is 12.3. The summed E-state index contributed by atoms with van der Waals surface area (Å²) >= 11 is 0. The fraction of sp³-hybridized carbons (Fsp3) is 0.500. The van der Waals surface area contributed by atoms with Gasteiger partial charge in [0.05, 0.1) is 30.2 Å². The monoisotopic (exact) mass is 298 g/mol. The molecule has 4 heterocycles. The first-order valence-electron chi connectivity index (χ1n) is 7.88. The number of carbonyl (C=O) groups is 1. The van der Waals surface area contributed by atoms with Crippen molar-refractivity contribution >= 4 is 16.9 Å². The maximum Gasteiger partial charge on any atom is 0.226 e. The van der Waals surface area contributed by atoms with E-state index in [9.17, 15) is 4.79 Å². The second-order valence-electron chi connectivity index (χ2n) is 6.38. The Labute approximate surface area is 128 Å². The molecule has 6 heteroatoms. The summed E-state index contributed by atoms with van der Waals surface area (Å²) in [5, 5.41) is 0. The van der Waals surface area contributed by atoms with Crippen LogP contribution < -0.4 is 0 Å². The molecule has 3 aliphatic rings. The molecule has 6 nitrogen and oxygen atoms in total. The van der Waals surface area contributed by atoms with E-state index in [4.69, 9.17) is 4.74 Å². The molecule has 2 atom stereocenters. The van der Waals surface area contributed by atoms with Crippen LogP contribution in [0.25, 0.3) is 11.0 Å². The van der Waals surface area contributed by atoms with Crippen LogP contribution >= 0.6 is 0 Å². The van der Waals surface area contributed by atoms with E-state index in [-0.39, 0.29) is 17.7 Å². The lowest BCUT2D eigenvalue weighted by Gasteiger charge is -2.31. The number of fused-ring (bicyclic) bond motifs is 1. The molecule has 3 saturated heterocycles. The number of ether oxygens (including phenoxy) is 1. The quantitative estimate of drug-likeness (QED) is 0.902. The maximum absolute atomic E-state index is 12.2. The number of nitrogens with zero attached hydrogens (tertiary/aromatic N) is 3. The van der Waals surface area contributed by atoms with Crippen molar-refractivity contribution in [3.05, 3.63) is 30.1 Å². The van der Waals surface area contributed by atoms with E-state index >= 15 is 0 Å². The highest BCUT2D eigenvalue weighted by Gasteiger charge is 2.61. The Balaban J connectivity index is 1.44. The van der Waals surface area contributed by atoms with Crippen molar-refractivity contribution < 1.29 is 9.53 Å². The van der Waals surface area contributed by atoms with Crippen LogP contribution in [0.2, 0.25) is 0 Å². The molecule has 0 saturated carbocycles. The zero-order chi connectivity index (χ0) is 14.7. The summed E-state index contributed by atoms with van der Waals surface area (Å²) < 4.78 is 6.02. The third kappa shape index (κ3) is 1.56. The fourth-order valence-electron chi connectivity index (χ4n) is 4.34. The van der Waals surface area contributed by atoms with Gasteiger partial charge in [0, 0.05) is 25.9 Å². The number of likely N-dealkylation sites (tertiary alicyclic amines) is 1. The Morgan fingerprint density at radius 1 is 1.36 bits per heavy atom. The third-order valence-corrected chi connectivity index (χ3v) is 5.30. The van der Waals surface area contributed by atoms with Crippen molar-refractivity contribution in [3.8, 4) is 0 Å². The minimum absolute atomic E-state index is 0.163. The molecule has 0 bridgehead atoms. The number of carbonyl (C=O) groups excluding carboxylic acids is 1. The Morgan fingerprint density at radius 2 is 2.27 bits per heavy atom. The molecule has 1 aromatic carbocycles. The zero-order valence-corrected chi connectivity index (χ0v) is 12.3. The molecule has 2 aromatic rings. The van der Waals surface area contributed by atoms with Crippen molar-refractivity contribution in [2.24, 2.45) is 0 Å². The van der Waals surface area contributed by atoms with Gasteiger partial charge in [-0.2, -0.15) is 0 Å². The highest BCUT2D eigenvalue weighted by Crippen LogP contribution is 2.45. The van der Waals surface area contributed by atoms with E-state index in [2.05, 4.69) is 14.9 Å². The van der Waals surface area contributed by atoms with Crippen LogP contribution in [0.3, 0.4) is 0 Å². The third-order valence-electron chi connectivity index (χ3n) is 5.30. The van der Waals surface area contributed by atoms with Gasteiger partial charge in [-0.05, 0) is 12.1 Å². The number of benzene rings is 1. The van der Waals surface area contributed by atoms with Crippen molar-refractivity contribution in [2.45, 2.75) is 31.2 Å². The van der Waals surface area contributed by atoms with Crippen molar-refractivity contribution in [2.75, 3.05) is 19.7 Å². The number of aromatic amines is 1. The molecule has 0 aliphatic carbocycles. The molecule has 0 unspecified atom stereocenters. The Kier molecular flexibility index (Phi) is 2.46. The van der Waals surface area contributed by atoms with Crippen molar-refractivity contribution in [3.63, 3.8) is 0 Å². The predicted octanol–water partition coefficient (Wildman–Crippen LogP) is 1.10. The molecule has 22 heavy (non-hydrogen) atoms. The maximum atomic E-state index is 12.2. The second-order valence-corrected chi connectivity index (χ2v) is 6.38. The van der Waals surface area contributed by atoms with Gasteiger partial charge in [0.1, 0.15) is 5.82 Å². The molecular weight excluding hydrogens is 280 g/mol. The lowest BCUT2D eigenvalue weighted by Crippen LogP contribution is -2.47. The van der Waals surface area contributed by atoms with Crippen LogP contribution in [0.1, 0.15) is 18.7 Å². The van der Waals surface area contributed by atoms with E-state index < -0.39 is 0 Å². The van der Waals surface area contributed by atoms with Crippen LogP contribution in [0, 0.1) is 0 Å². The van der Waals surface area contributed by atoms with Crippen LogP contribution in [0.15, 0.2) is 24.3 Å². The van der Waals surface area contributed by atoms with Crippen LogP contribution in [-0.4, -0.2) is 57.1 Å². The van der Waals surface area contributed by atoms with Gasteiger partial charge in [0.2, 0.25) is 5.91 Å². The molecule has 3 fully saturated rings. The molecule has 1 amide bonds. The van der Waals surface area contributed by atoms with E-state index in [1.807, 2.05) is 29.2 Å². The number of amides is 1. The SMILES string of the molecule is O=C1C[C@H]2N(Cc3nc4ccccc4[nH]3)CC[C@]23OCCN13. The molecular formula is C16H18N4O2. The fourth-order valence-corrected chi connectivity index (χ4v) is 4.34. The first kappa shape index (κ1) is 12.6. The number of para-hydroxylation sites is 2. The predicted molar refractivity (Wildman–Crippen MR) is 79.9 cm³/mol. The average Bonchev–Trinajstić information content (AvgIpc) is 3.23. The summed E-state index contributed by atoms with van der Waals surface area (Å²) in [6, 6.07) is 8.22. The Morgan fingerprint density at radius 3 is 3.18 bits per heavy atom. The number of hydrogen-bond donors (Lipinski definition) is 1. The van der Waals surface area contributed by atoms with E-state index in [1.165, 1.54) is 0 Å². The first-order valence-corrected chi connectivity index (χ1v) is 7.88. The van der Waals surface area contributed by atoms with Crippen LogP contribution in [0.4, 0.5) is 0 Å². The number of imidazole rings is 1. The summed E-state index contributed by atoms with van der Waals surface area (Å²) in [7, 11) is 0. The number of nitrogens with one attached hydrogen (secondary N) is 1. The van der Waals surface area contributed by atoms with Crippen LogP contribution in [-0.2, 0) is 16.1 Å². The van der Waals surface area contributed by atoms with Gasteiger partial charge in [-0.25, -0.2) is 4.98 Å². The van der Waals surface area contributed by atoms with Gasteiger partial charge in [0.15, 0.2) is 5.72 Å². The lowest BCUT2D eigenvalue weighted by molar-refractivity contribution is -0.136. The van der Waals surface area contributed by atoms with Crippen molar-refractivity contribution in [1.82, 2.24) is 19.8 Å². The largest absolute Gasteiger partial charge is 0.352 e. The van der Waals surface area contributed by atoms with Gasteiger partial charge < -0.3 is 14.6 Å². The minimum atomic E-state index is -0.358. The number of aromatic nitrogens is 2. The highest BCUT2D eigenvalue weighted by atomic mass is 16.5. The number of rotatable bonds is 2. The second kappa shape index (κ2) is 4.30. The molecule has 1 N–H and O–H groups in total. The summed E-state index contributed by atoms with van der Waals surface area (Å²) in [5.74, 6) is 1.19. The van der Waals surface area contributed by atoms with Gasteiger partial charge in [0.25, 0.3) is 0 Å². The van der Waals surface area contributed by atoms with Crippen molar-refractivity contribution in [1.29, 1.82) is 0 Å². The summed E-state index contributed by atoms with van der Waals surface area (Å²) in [6.07, 6.45) is 1.48. The molecule has 114 valence electrons.